The molecule has 0 aliphatic carbocycles. The summed E-state index contributed by atoms with van der Waals surface area (Å²) in [4.78, 5) is 6.41. The summed E-state index contributed by atoms with van der Waals surface area (Å²) in [7, 11) is 0. The van der Waals surface area contributed by atoms with Crippen molar-refractivity contribution >= 4 is 46.4 Å². The molecule has 0 unspecified atom stereocenters. The van der Waals surface area contributed by atoms with Crippen molar-refractivity contribution in [3.63, 3.8) is 0 Å². The highest BCUT2D eigenvalue weighted by Gasteiger charge is 2.26. The number of aromatic nitrogens is 2. The zero-order chi connectivity index (χ0) is 9.35. The number of hydrogen-bond acceptors (Lipinski definition) is 2. The van der Waals surface area contributed by atoms with E-state index in [0.717, 1.165) is 0 Å². The summed E-state index contributed by atoms with van der Waals surface area (Å²) >= 11 is 21.6. The van der Waals surface area contributed by atoms with E-state index in [-0.39, 0.29) is 10.8 Å². The molecule has 0 N–H and O–H groups in total. The van der Waals surface area contributed by atoms with Crippen molar-refractivity contribution in [2.24, 2.45) is 0 Å². The van der Waals surface area contributed by atoms with E-state index in [4.69, 9.17) is 46.4 Å². The largest absolute Gasteiger partial charge is 0.310 e. The van der Waals surface area contributed by atoms with E-state index in [1.54, 1.807) is 0 Å². The third-order valence-corrected chi connectivity index (χ3v) is 1.73. The molecule has 0 amide bonds. The number of hydrogen-bond donors (Lipinski definition) is 0. The van der Waals surface area contributed by atoms with Crippen molar-refractivity contribution in [2.75, 3.05) is 0 Å². The van der Waals surface area contributed by atoms with E-state index in [1.807, 2.05) is 0 Å². The summed E-state index contributed by atoms with van der Waals surface area (Å²) in [5.41, 5.74) is -0.0926. The molecule has 0 radical (unpaired) electrons. The first kappa shape index (κ1) is 10.3. The Hall–Kier alpha value is 0.170. The Morgan fingerprint density at radius 3 is 2.25 bits per heavy atom. The molecule has 1 rings (SSSR count). The molecule has 0 aromatic carbocycles. The summed E-state index contributed by atoms with van der Waals surface area (Å²) in [5.74, 6) is 0. The minimum Gasteiger partial charge on any atom is -0.203 e. The van der Waals surface area contributed by atoms with E-state index in [9.17, 15) is 4.39 Å². The fraction of sp³-hybridized carbons (Fsp3) is 0.200. The maximum Gasteiger partial charge on any atom is 0.310 e. The van der Waals surface area contributed by atoms with Gasteiger partial charge in [0.05, 0.1) is 5.69 Å². The molecule has 0 saturated carbocycles. The minimum atomic E-state index is -1.78. The van der Waals surface area contributed by atoms with Crippen molar-refractivity contribution in [1.29, 1.82) is 0 Å². The zero-order valence-electron chi connectivity index (χ0n) is 5.36. The van der Waals surface area contributed by atoms with Crippen LogP contribution in [0.2, 0.25) is 5.15 Å². The predicted molar refractivity (Wildman–Crippen MR) is 46.2 cm³/mol. The summed E-state index contributed by atoms with van der Waals surface area (Å²) in [5, 5.41) is -0.108. The Kier molecular flexibility index (Phi) is 2.99. The third-order valence-electron chi connectivity index (χ3n) is 0.958. The Morgan fingerprint density at radius 2 is 1.83 bits per heavy atom. The molecule has 1 aromatic rings. The van der Waals surface area contributed by atoms with E-state index >= 15 is 0 Å². The van der Waals surface area contributed by atoms with Crippen LogP contribution in [0.5, 0.6) is 0 Å². The molecule has 0 bridgehead atoms. The van der Waals surface area contributed by atoms with Gasteiger partial charge in [-0.2, -0.15) is 9.37 Å². The van der Waals surface area contributed by atoms with Crippen LogP contribution in [0.4, 0.5) is 4.39 Å². The standard InChI is InChI=1S/C5HCl4FN2/c6-3-1-2(5(7,8)9)11-4(10)12-3/h1H. The van der Waals surface area contributed by atoms with Crippen molar-refractivity contribution in [2.45, 2.75) is 3.79 Å². The van der Waals surface area contributed by atoms with Crippen LogP contribution in [-0.2, 0) is 3.79 Å². The second-order valence-corrected chi connectivity index (χ2v) is 4.51. The molecule has 1 aromatic heterocycles. The van der Waals surface area contributed by atoms with Crippen LogP contribution in [0.25, 0.3) is 0 Å². The Labute approximate surface area is 87.6 Å². The Morgan fingerprint density at radius 1 is 1.25 bits per heavy atom. The molecular formula is C5HCl4FN2. The molecule has 2 nitrogen and oxygen atoms in total. The maximum absolute atomic E-state index is 12.5. The van der Waals surface area contributed by atoms with Gasteiger partial charge >= 0.3 is 6.08 Å². The van der Waals surface area contributed by atoms with E-state index < -0.39 is 9.87 Å². The lowest BCUT2D eigenvalue weighted by Gasteiger charge is -2.08. The predicted octanol–water partition coefficient (Wildman–Crippen LogP) is 3.10. The van der Waals surface area contributed by atoms with Crippen LogP contribution in [0.3, 0.4) is 0 Å². The highest BCUT2D eigenvalue weighted by atomic mass is 35.6. The first-order valence-corrected chi connectivity index (χ1v) is 4.18. The lowest BCUT2D eigenvalue weighted by molar-refractivity contribution is 0.533. The van der Waals surface area contributed by atoms with Crippen LogP contribution in [0, 0.1) is 6.08 Å². The first-order valence-electron chi connectivity index (χ1n) is 2.67. The topological polar surface area (TPSA) is 25.8 Å². The van der Waals surface area contributed by atoms with Crippen molar-refractivity contribution in [3.05, 3.63) is 23.0 Å². The first-order chi connectivity index (χ1) is 5.39. The van der Waals surface area contributed by atoms with Gasteiger partial charge in [-0.3, -0.25) is 0 Å². The van der Waals surface area contributed by atoms with E-state index in [2.05, 4.69) is 9.97 Å². The van der Waals surface area contributed by atoms with Crippen molar-refractivity contribution < 1.29 is 4.39 Å². The summed E-state index contributed by atoms with van der Waals surface area (Å²) in [6.07, 6.45) is -1.02. The fourth-order valence-corrected chi connectivity index (χ4v) is 0.999. The van der Waals surface area contributed by atoms with Crippen LogP contribution in [0.1, 0.15) is 5.69 Å². The van der Waals surface area contributed by atoms with Gasteiger partial charge < -0.3 is 0 Å². The van der Waals surface area contributed by atoms with Gasteiger partial charge in [-0.1, -0.05) is 46.4 Å². The van der Waals surface area contributed by atoms with E-state index in [0.29, 0.717) is 0 Å². The number of alkyl halides is 3. The number of rotatable bonds is 0. The molecule has 12 heavy (non-hydrogen) atoms. The van der Waals surface area contributed by atoms with Gasteiger partial charge in [0, 0.05) is 6.07 Å². The molecule has 0 saturated heterocycles. The second kappa shape index (κ2) is 3.50. The number of nitrogens with zero attached hydrogens (tertiary/aromatic N) is 2. The van der Waals surface area contributed by atoms with Gasteiger partial charge in [0.15, 0.2) is 0 Å². The number of halogens is 5. The molecule has 0 spiro atoms. The second-order valence-electron chi connectivity index (χ2n) is 1.84. The van der Waals surface area contributed by atoms with Crippen molar-refractivity contribution in [1.82, 2.24) is 9.97 Å². The van der Waals surface area contributed by atoms with E-state index in [1.165, 1.54) is 6.07 Å². The molecular weight excluding hydrogens is 249 g/mol. The maximum atomic E-state index is 12.5. The summed E-state index contributed by atoms with van der Waals surface area (Å²) in [6.45, 7) is 0. The van der Waals surface area contributed by atoms with Crippen LogP contribution < -0.4 is 0 Å². The highest BCUT2D eigenvalue weighted by molar-refractivity contribution is 6.66. The molecule has 0 aliphatic heterocycles. The molecule has 0 fully saturated rings. The average molecular weight is 250 g/mol. The monoisotopic (exact) mass is 248 g/mol. The smallest absolute Gasteiger partial charge is 0.203 e. The molecule has 0 aliphatic rings. The van der Waals surface area contributed by atoms with Gasteiger partial charge in [-0.15, -0.1) is 0 Å². The highest BCUT2D eigenvalue weighted by Crippen LogP contribution is 2.37. The molecule has 0 atom stereocenters. The summed E-state index contributed by atoms with van der Waals surface area (Å²) in [6, 6.07) is 1.18. The van der Waals surface area contributed by atoms with Gasteiger partial charge in [0.2, 0.25) is 3.79 Å². The minimum absolute atomic E-state index is 0.0926. The van der Waals surface area contributed by atoms with Crippen LogP contribution in [-0.4, -0.2) is 9.97 Å². The Bertz CT molecular complexity index is 278. The van der Waals surface area contributed by atoms with Crippen LogP contribution >= 0.6 is 46.4 Å². The molecule has 66 valence electrons. The zero-order valence-corrected chi connectivity index (χ0v) is 8.39. The summed E-state index contributed by atoms with van der Waals surface area (Å²) < 4.78 is 10.7. The normalized spacial score (nSPS) is 11.8. The van der Waals surface area contributed by atoms with Gasteiger partial charge in [0.1, 0.15) is 5.15 Å². The molecule has 1 heterocycles. The van der Waals surface area contributed by atoms with Gasteiger partial charge in [-0.25, -0.2) is 4.98 Å². The Balaban J connectivity index is 3.18. The SMILES string of the molecule is Fc1nc(Cl)cc(C(Cl)(Cl)Cl)n1. The van der Waals surface area contributed by atoms with Gasteiger partial charge in [-0.05, 0) is 0 Å². The third kappa shape index (κ3) is 2.59. The van der Waals surface area contributed by atoms with Gasteiger partial charge in [0.25, 0.3) is 0 Å². The van der Waals surface area contributed by atoms with Crippen molar-refractivity contribution in [3.8, 4) is 0 Å². The molecule has 7 heteroatoms. The lowest BCUT2D eigenvalue weighted by atomic mass is 10.4. The average Bonchev–Trinajstić information content (AvgIpc) is 1.82. The quantitative estimate of drug-likeness (QED) is 0.401. The lowest BCUT2D eigenvalue weighted by Crippen LogP contribution is -2.06. The van der Waals surface area contributed by atoms with Crippen LogP contribution in [0.15, 0.2) is 6.07 Å². The fourth-order valence-electron chi connectivity index (χ4n) is 0.535.